The minimum absolute atomic E-state index is 0.0782. The number of ether oxygens (including phenoxy) is 6. The quantitative estimate of drug-likeness (QED) is 0.131. The number of rotatable bonds is 0. The summed E-state index contributed by atoms with van der Waals surface area (Å²) in [4.78, 5) is 55.1. The fourth-order valence-electron chi connectivity index (χ4n) is 18.4. The highest BCUT2D eigenvalue weighted by Gasteiger charge is 2.36. The normalized spacial score (nSPS) is 17.4. The Balaban J connectivity index is 0.000000111. The molecular formula is C111H109Cl3F8N18O6. The summed E-state index contributed by atoms with van der Waals surface area (Å²) in [5.41, 5.74) is 9.67. The molecule has 12 aliphatic heterocycles. The molecule has 6 saturated heterocycles. The molecule has 24 nitrogen and oxygen atoms in total. The molecule has 0 atom stereocenters. The minimum atomic E-state index is -0.480. The van der Waals surface area contributed by atoms with Gasteiger partial charge in [-0.25, -0.2) is 65.1 Å². The van der Waals surface area contributed by atoms with Crippen molar-refractivity contribution in [1.82, 2.24) is 58.8 Å². The summed E-state index contributed by atoms with van der Waals surface area (Å²) in [5.74, 6) is 6.16. The molecule has 24 rings (SSSR count). The van der Waals surface area contributed by atoms with E-state index in [2.05, 4.69) is 129 Å². The van der Waals surface area contributed by atoms with Crippen LogP contribution in [0.3, 0.4) is 0 Å². The molecule has 6 fully saturated rings. The molecule has 0 amide bonds. The molecule has 12 heterocycles. The number of halogens is 11. The van der Waals surface area contributed by atoms with Crippen molar-refractivity contribution in [1.29, 1.82) is 0 Å². The molecule has 12 aliphatic rings. The molecule has 0 N–H and O–H groups in total. The number of para-hydroxylation sites is 2. The van der Waals surface area contributed by atoms with Crippen LogP contribution in [0, 0.1) is 67.3 Å². The van der Waals surface area contributed by atoms with E-state index in [1.165, 1.54) is 72.8 Å². The van der Waals surface area contributed by atoms with Gasteiger partial charge in [0.1, 0.15) is 127 Å². The highest BCUT2D eigenvalue weighted by molar-refractivity contribution is 6.32. The largest absolute Gasteiger partial charge is 0.454 e. The first-order chi connectivity index (χ1) is 70.5. The molecule has 0 saturated carbocycles. The second-order valence-electron chi connectivity index (χ2n) is 37.7. The second-order valence-corrected chi connectivity index (χ2v) is 39.0. The zero-order valence-corrected chi connectivity index (χ0v) is 84.5. The molecule has 0 unspecified atom stereocenters. The lowest BCUT2D eigenvalue weighted by atomic mass is 10.1. The Kier molecular flexibility index (Phi) is 30.7. The van der Waals surface area contributed by atoms with E-state index in [9.17, 15) is 35.1 Å². The SMILES string of the molecule is CN1CCN(C2=Nc3ccc(F)cc3Oc3ccc(F)cc32)CC1.CN1CCN(C2=Nc3cccc(F)c3Oc3ccc(Cl)cc32)CC1.CN1CCN(C2=Nc3cccc(F)c3Oc3ccc(F)cc32)CC1.Cc1ccc2c(c1)Oc1ccc(Cl)cc1C(N1CCN(C)CC1)=N2.Cc1ccc2c(c1F)Oc1ccc(Cl)cc1C(N1CCN(C)CC1)=N2.Cc1ccc2c(c1F)Oc1ccc(F)cc1C(N1CCN(C)CC1)=N2. The summed E-state index contributed by atoms with van der Waals surface area (Å²) in [5, 5.41) is 1.90. The van der Waals surface area contributed by atoms with Crippen LogP contribution >= 0.6 is 34.8 Å². The molecule has 0 aromatic heterocycles. The van der Waals surface area contributed by atoms with Crippen molar-refractivity contribution >= 4 is 104 Å². The Morgan fingerprint density at radius 3 is 0.760 bits per heavy atom. The van der Waals surface area contributed by atoms with E-state index in [0.29, 0.717) is 123 Å². The predicted octanol–water partition coefficient (Wildman–Crippen LogP) is 22.7. The van der Waals surface area contributed by atoms with Crippen molar-refractivity contribution in [2.24, 2.45) is 30.0 Å². The number of amidine groups is 6. The van der Waals surface area contributed by atoms with Crippen molar-refractivity contribution in [2.45, 2.75) is 20.8 Å². The van der Waals surface area contributed by atoms with Crippen LogP contribution in [0.5, 0.6) is 69.0 Å². The van der Waals surface area contributed by atoms with E-state index >= 15 is 0 Å². The molecule has 0 radical (unpaired) electrons. The van der Waals surface area contributed by atoms with E-state index in [1.54, 1.807) is 98.8 Å². The van der Waals surface area contributed by atoms with Crippen LogP contribution in [0.25, 0.3) is 0 Å². The summed E-state index contributed by atoms with van der Waals surface area (Å²) in [6.45, 7) is 26.7. The first-order valence-corrected chi connectivity index (χ1v) is 49.7. The number of hydrogen-bond acceptors (Lipinski definition) is 24. The number of piperazine rings is 6. The van der Waals surface area contributed by atoms with Crippen molar-refractivity contribution < 1.29 is 63.5 Å². The Morgan fingerprint density at radius 1 is 0.219 bits per heavy atom. The van der Waals surface area contributed by atoms with Gasteiger partial charge in [0, 0.05) is 178 Å². The molecule has 0 aliphatic carbocycles. The number of benzene rings is 12. The van der Waals surface area contributed by atoms with Crippen molar-refractivity contribution in [3.63, 3.8) is 0 Å². The van der Waals surface area contributed by atoms with Gasteiger partial charge in [0.25, 0.3) is 0 Å². The molecule has 35 heteroatoms. The smallest absolute Gasteiger partial charge is 0.188 e. The van der Waals surface area contributed by atoms with Gasteiger partial charge in [-0.3, -0.25) is 0 Å². The first-order valence-electron chi connectivity index (χ1n) is 48.5. The maximum atomic E-state index is 14.6. The lowest BCUT2D eigenvalue weighted by molar-refractivity contribution is 0.215. The van der Waals surface area contributed by atoms with Crippen molar-refractivity contribution in [3.8, 4) is 69.0 Å². The average molecular weight is 2050 g/mol. The Bertz CT molecular complexity index is 6720. The van der Waals surface area contributed by atoms with Gasteiger partial charge in [-0.2, -0.15) is 0 Å². The molecule has 12 aromatic carbocycles. The maximum Gasteiger partial charge on any atom is 0.188 e. The van der Waals surface area contributed by atoms with Gasteiger partial charge in [0.05, 0.1) is 33.4 Å². The predicted molar refractivity (Wildman–Crippen MR) is 558 cm³/mol. The number of hydrogen-bond donors (Lipinski definition) is 0. The van der Waals surface area contributed by atoms with Crippen molar-refractivity contribution in [3.05, 3.63) is 318 Å². The number of fused-ring (bicyclic) bond motifs is 12. The Labute approximate surface area is 858 Å². The second kappa shape index (κ2) is 44.3. The molecule has 756 valence electrons. The van der Waals surface area contributed by atoms with Crippen molar-refractivity contribution in [2.75, 3.05) is 199 Å². The van der Waals surface area contributed by atoms with Crippen LogP contribution in [0.1, 0.15) is 50.1 Å². The van der Waals surface area contributed by atoms with Crippen LogP contribution in [-0.4, -0.2) is 293 Å². The van der Waals surface area contributed by atoms with Gasteiger partial charge in [-0.05, 0) is 250 Å². The van der Waals surface area contributed by atoms with Gasteiger partial charge in [-0.1, -0.05) is 65.1 Å². The summed E-state index contributed by atoms with van der Waals surface area (Å²) >= 11 is 18.7. The fourth-order valence-corrected chi connectivity index (χ4v) is 18.9. The van der Waals surface area contributed by atoms with Crippen LogP contribution in [0.4, 0.5) is 69.2 Å². The third-order valence-electron chi connectivity index (χ3n) is 27.0. The maximum absolute atomic E-state index is 14.6. The minimum Gasteiger partial charge on any atom is -0.454 e. The van der Waals surface area contributed by atoms with Gasteiger partial charge in [0.2, 0.25) is 0 Å². The lowest BCUT2D eigenvalue weighted by Gasteiger charge is -2.34. The topological polar surface area (TPSA) is 168 Å². The summed E-state index contributed by atoms with van der Waals surface area (Å²) < 4.78 is 148. The van der Waals surface area contributed by atoms with Crippen LogP contribution < -0.4 is 28.4 Å². The van der Waals surface area contributed by atoms with E-state index in [4.69, 9.17) is 78.2 Å². The van der Waals surface area contributed by atoms with Gasteiger partial charge in [-0.15, -0.1) is 0 Å². The molecule has 0 bridgehead atoms. The average Bonchev–Trinajstić information content (AvgIpc) is 1.64. The van der Waals surface area contributed by atoms with E-state index in [-0.39, 0.29) is 46.3 Å². The molecule has 146 heavy (non-hydrogen) atoms. The number of nitrogens with zero attached hydrogens (tertiary/aromatic N) is 18. The monoisotopic (exact) mass is 2050 g/mol. The number of aryl methyl sites for hydroxylation is 3. The zero-order valence-electron chi connectivity index (χ0n) is 82.3. The van der Waals surface area contributed by atoms with Gasteiger partial charge < -0.3 is 87.2 Å². The van der Waals surface area contributed by atoms with E-state index in [0.717, 1.165) is 214 Å². The third-order valence-corrected chi connectivity index (χ3v) is 27.7. The molecular weight excluding hydrogens is 1940 g/mol. The first kappa shape index (κ1) is 101. The number of likely N-dealkylation sites (N-methyl/N-ethyl adjacent to an activating group) is 6. The van der Waals surface area contributed by atoms with Gasteiger partial charge in [0.15, 0.2) is 57.8 Å². The highest BCUT2D eigenvalue weighted by Crippen LogP contribution is 2.49. The highest BCUT2D eigenvalue weighted by atomic mass is 35.5. The Morgan fingerprint density at radius 2 is 0.452 bits per heavy atom. The van der Waals surface area contributed by atoms with Crippen LogP contribution in [-0.2, 0) is 0 Å². The van der Waals surface area contributed by atoms with Gasteiger partial charge >= 0.3 is 0 Å². The summed E-state index contributed by atoms with van der Waals surface area (Å²) in [7, 11) is 12.6. The van der Waals surface area contributed by atoms with E-state index < -0.39 is 23.3 Å². The molecule has 0 spiro atoms. The third kappa shape index (κ3) is 22.9. The van der Waals surface area contributed by atoms with E-state index in [1.807, 2.05) is 42.5 Å². The Hall–Kier alpha value is -13.7. The lowest BCUT2D eigenvalue weighted by Crippen LogP contribution is -2.47. The molecule has 12 aromatic rings. The van der Waals surface area contributed by atoms with Crippen LogP contribution in [0.2, 0.25) is 15.1 Å². The number of aliphatic imine (C=N–C) groups is 6. The van der Waals surface area contributed by atoms with Crippen LogP contribution in [0.15, 0.2) is 236 Å². The summed E-state index contributed by atoms with van der Waals surface area (Å²) in [6.07, 6.45) is 0. The summed E-state index contributed by atoms with van der Waals surface area (Å²) in [6, 6.07) is 56.0. The zero-order chi connectivity index (χ0) is 102. The standard InChI is InChI=1S/C19H19ClFN3O.C19H20ClN3O.C19H19F2N3O.C18H17ClFN3O.2C18H17F2N3O/c1-12-3-5-15-18(17(12)21)25-16-6-4-13(20)11-14(16)19(22-15)24-9-7-23(2)8-10-24;1-13-3-5-16-18(11-13)24-17-6-4-14(20)12-15(17)19(21-16)23-9-7-22(2)8-10-23;1-12-3-5-15-18(17(12)21)25-16-6-4-13(20)11-14(16)19(22-15)24-9-7-23(2)8-10-24;1-22-7-9-23(10-8-22)18-13-11-12(19)5-6-16(13)24-17-14(20)3-2-4-15(17)21-18;1-22-6-8-23(9-7-22)18-14-10-12(19)3-5-16(14)24-17-11-13(20)2-4-15(17)21-18;1-22-7-9-23(10-8-22)18-13-11-12(19)5-6-16(13)24-17-14(20)3-2-4-15(17)21-18/h3-6,11H,7-10H2,1-2H3;3-6,11-12H,7-10H2,1-2H3;3-6,11H,7-10H2,1-2H3;2-6,11H,7-10H2,1H3;2-5,10-11H,6-9H2,1H3;2-6,11H,7-10H2,1H3. The fraction of sp³-hybridized carbons (Fsp3) is 0.297.